The van der Waals surface area contributed by atoms with E-state index in [9.17, 15) is 0 Å². The van der Waals surface area contributed by atoms with Crippen LogP contribution in [-0.4, -0.2) is 24.9 Å². The Kier molecular flexibility index (Phi) is 4.51. The van der Waals surface area contributed by atoms with Crippen molar-refractivity contribution in [2.75, 3.05) is 13.2 Å². The molecular formula is C18H27NO2. The monoisotopic (exact) mass is 289 g/mol. The van der Waals surface area contributed by atoms with Gasteiger partial charge >= 0.3 is 0 Å². The predicted molar refractivity (Wildman–Crippen MR) is 84.7 cm³/mol. The highest BCUT2D eigenvalue weighted by atomic mass is 16.5. The number of benzene rings is 1. The first-order valence-electron chi connectivity index (χ1n) is 8.36. The Hall–Kier alpha value is -1.06. The molecule has 0 bridgehead atoms. The highest BCUT2D eigenvalue weighted by Gasteiger charge is 2.41. The topological polar surface area (TPSA) is 44.5 Å². The summed E-state index contributed by atoms with van der Waals surface area (Å²) < 4.78 is 11.9. The minimum absolute atomic E-state index is 0.0814. The molecule has 116 valence electrons. The Bertz CT molecular complexity index is 468. The van der Waals surface area contributed by atoms with Crippen molar-refractivity contribution in [3.8, 4) is 5.75 Å². The maximum atomic E-state index is 6.62. The molecule has 1 aromatic carbocycles. The highest BCUT2D eigenvalue weighted by molar-refractivity contribution is 5.37. The third-order valence-electron chi connectivity index (χ3n) is 5.18. The third-order valence-corrected chi connectivity index (χ3v) is 5.18. The van der Waals surface area contributed by atoms with Crippen molar-refractivity contribution >= 4 is 0 Å². The van der Waals surface area contributed by atoms with Crippen LogP contribution < -0.4 is 10.5 Å². The quantitative estimate of drug-likeness (QED) is 0.900. The van der Waals surface area contributed by atoms with Gasteiger partial charge in [-0.3, -0.25) is 0 Å². The summed E-state index contributed by atoms with van der Waals surface area (Å²) in [7, 11) is 0. The summed E-state index contributed by atoms with van der Waals surface area (Å²) in [5.41, 5.74) is 7.86. The zero-order valence-corrected chi connectivity index (χ0v) is 13.0. The molecule has 0 spiro atoms. The number of fused-ring (bicyclic) bond motifs is 1. The molecule has 1 saturated carbocycles. The van der Waals surface area contributed by atoms with E-state index in [1.807, 2.05) is 6.07 Å². The van der Waals surface area contributed by atoms with Gasteiger partial charge < -0.3 is 15.2 Å². The van der Waals surface area contributed by atoms with Gasteiger partial charge in [0.25, 0.3) is 0 Å². The largest absolute Gasteiger partial charge is 0.493 e. The van der Waals surface area contributed by atoms with Crippen LogP contribution in [0, 0.1) is 0 Å². The highest BCUT2D eigenvalue weighted by Crippen LogP contribution is 2.41. The number of ether oxygens (including phenoxy) is 2. The zero-order chi connectivity index (χ0) is 14.7. The molecule has 1 aromatic rings. The number of hydrogen-bond donors (Lipinski definition) is 1. The van der Waals surface area contributed by atoms with Crippen molar-refractivity contribution in [1.29, 1.82) is 0 Å². The molecule has 1 fully saturated rings. The summed E-state index contributed by atoms with van der Waals surface area (Å²) in [6.07, 6.45) is 6.79. The molecule has 0 saturated heterocycles. The van der Waals surface area contributed by atoms with E-state index in [0.717, 1.165) is 44.6 Å². The van der Waals surface area contributed by atoms with Crippen LogP contribution in [0.4, 0.5) is 0 Å². The molecule has 3 heteroatoms. The maximum Gasteiger partial charge on any atom is 0.122 e. The molecule has 0 radical (unpaired) electrons. The zero-order valence-electron chi connectivity index (χ0n) is 13.0. The van der Waals surface area contributed by atoms with E-state index in [1.165, 1.54) is 18.4 Å². The number of hydrogen-bond acceptors (Lipinski definition) is 3. The predicted octanol–water partition coefficient (Wildman–Crippen LogP) is 3.62. The second kappa shape index (κ2) is 6.37. The van der Waals surface area contributed by atoms with Crippen molar-refractivity contribution in [2.24, 2.45) is 5.73 Å². The van der Waals surface area contributed by atoms with Crippen molar-refractivity contribution < 1.29 is 9.47 Å². The first-order valence-corrected chi connectivity index (χ1v) is 8.36. The number of rotatable bonds is 5. The van der Waals surface area contributed by atoms with Gasteiger partial charge in [0.1, 0.15) is 5.75 Å². The number of nitrogens with two attached hydrogens (primary N) is 1. The molecule has 0 amide bonds. The van der Waals surface area contributed by atoms with Crippen LogP contribution in [0.15, 0.2) is 24.3 Å². The molecule has 3 nitrogen and oxygen atoms in total. The van der Waals surface area contributed by atoms with Crippen LogP contribution in [-0.2, 0) is 4.74 Å². The first-order chi connectivity index (χ1) is 10.2. The van der Waals surface area contributed by atoms with E-state index < -0.39 is 0 Å². The van der Waals surface area contributed by atoms with Crippen LogP contribution in [0.25, 0.3) is 0 Å². The molecule has 1 heterocycles. The molecule has 21 heavy (non-hydrogen) atoms. The van der Waals surface area contributed by atoms with Crippen LogP contribution in [0.3, 0.4) is 0 Å². The van der Waals surface area contributed by atoms with Gasteiger partial charge in [0, 0.05) is 12.6 Å². The van der Waals surface area contributed by atoms with Crippen LogP contribution in [0.1, 0.15) is 56.9 Å². The fraction of sp³-hybridized carbons (Fsp3) is 0.667. The Morgan fingerprint density at radius 1 is 1.33 bits per heavy atom. The standard InChI is InChI=1S/C18H27NO2/c1-2-21-18(10-5-6-11-18)17(19)13-14-9-12-20-16-8-4-3-7-15(14)16/h3-4,7-8,14,17H,2,5-6,9-13,19H2,1H3. The summed E-state index contributed by atoms with van der Waals surface area (Å²) in [6.45, 7) is 3.64. The Balaban J connectivity index is 1.74. The molecule has 0 aromatic heterocycles. The first kappa shape index (κ1) is 14.9. The van der Waals surface area contributed by atoms with E-state index in [2.05, 4.69) is 25.1 Å². The van der Waals surface area contributed by atoms with Gasteiger partial charge in [0.05, 0.1) is 12.2 Å². The van der Waals surface area contributed by atoms with Crippen LogP contribution in [0.5, 0.6) is 5.75 Å². The lowest BCUT2D eigenvalue weighted by Gasteiger charge is -2.38. The second-order valence-corrected chi connectivity index (χ2v) is 6.42. The molecule has 2 unspecified atom stereocenters. The fourth-order valence-electron chi connectivity index (χ4n) is 4.07. The van der Waals surface area contributed by atoms with Crippen molar-refractivity contribution in [1.82, 2.24) is 0 Å². The lowest BCUT2D eigenvalue weighted by atomic mass is 9.81. The maximum absolute atomic E-state index is 6.62. The van der Waals surface area contributed by atoms with Crippen LogP contribution in [0.2, 0.25) is 0 Å². The summed E-state index contributed by atoms with van der Waals surface area (Å²) in [5, 5.41) is 0. The van der Waals surface area contributed by atoms with Crippen molar-refractivity contribution in [3.05, 3.63) is 29.8 Å². The summed E-state index contributed by atoms with van der Waals surface area (Å²) in [5.74, 6) is 1.54. The lowest BCUT2D eigenvalue weighted by molar-refractivity contribution is -0.0561. The van der Waals surface area contributed by atoms with Crippen LogP contribution >= 0.6 is 0 Å². The summed E-state index contributed by atoms with van der Waals surface area (Å²) in [4.78, 5) is 0. The Labute approximate surface area is 127 Å². The average molecular weight is 289 g/mol. The van der Waals surface area contributed by atoms with Crippen molar-refractivity contribution in [3.63, 3.8) is 0 Å². The number of para-hydroxylation sites is 1. The summed E-state index contributed by atoms with van der Waals surface area (Å²) in [6, 6.07) is 8.52. The molecule has 2 aliphatic rings. The van der Waals surface area contributed by atoms with E-state index in [4.69, 9.17) is 15.2 Å². The van der Waals surface area contributed by atoms with Gasteiger partial charge in [-0.15, -0.1) is 0 Å². The Morgan fingerprint density at radius 2 is 2.10 bits per heavy atom. The molecule has 1 aliphatic heterocycles. The molecule has 1 aliphatic carbocycles. The molecular weight excluding hydrogens is 262 g/mol. The van der Waals surface area contributed by atoms with Gasteiger partial charge in [-0.2, -0.15) is 0 Å². The van der Waals surface area contributed by atoms with Gasteiger partial charge in [-0.05, 0) is 50.2 Å². The van der Waals surface area contributed by atoms with Gasteiger partial charge in [-0.1, -0.05) is 31.0 Å². The second-order valence-electron chi connectivity index (χ2n) is 6.42. The van der Waals surface area contributed by atoms with Gasteiger partial charge in [0.15, 0.2) is 0 Å². The van der Waals surface area contributed by atoms with E-state index >= 15 is 0 Å². The van der Waals surface area contributed by atoms with E-state index in [1.54, 1.807) is 0 Å². The molecule has 2 N–H and O–H groups in total. The minimum atomic E-state index is -0.0814. The Morgan fingerprint density at radius 3 is 2.86 bits per heavy atom. The van der Waals surface area contributed by atoms with E-state index in [0.29, 0.717) is 5.92 Å². The van der Waals surface area contributed by atoms with Gasteiger partial charge in [0.2, 0.25) is 0 Å². The third kappa shape index (κ3) is 2.95. The SMILES string of the molecule is CCOC1(C(N)CC2CCOc3ccccc32)CCCC1. The normalized spacial score (nSPS) is 25.1. The van der Waals surface area contributed by atoms with Crippen molar-refractivity contribution in [2.45, 2.75) is 63.0 Å². The molecule has 2 atom stereocenters. The lowest BCUT2D eigenvalue weighted by Crippen LogP contribution is -2.49. The average Bonchev–Trinajstić information content (AvgIpc) is 2.98. The molecule has 3 rings (SSSR count). The smallest absolute Gasteiger partial charge is 0.122 e. The van der Waals surface area contributed by atoms with E-state index in [-0.39, 0.29) is 11.6 Å². The summed E-state index contributed by atoms with van der Waals surface area (Å²) >= 11 is 0. The van der Waals surface area contributed by atoms with Gasteiger partial charge in [-0.25, -0.2) is 0 Å². The minimum Gasteiger partial charge on any atom is -0.493 e. The fourth-order valence-corrected chi connectivity index (χ4v) is 4.07.